The molecule has 0 aliphatic carbocycles. The molecule has 2 amide bonds. The maximum atomic E-state index is 12.5. The van der Waals surface area contributed by atoms with E-state index in [0.29, 0.717) is 0 Å². The standard InChI is InChI=1S/C15H15F3N4O2/c1-8-20-11(6-13(23)21-8)14(24)22-12(7-19)9-2-4-10(5-3-9)15(16,17)18/h2-5,8,11-12,20H,6H2,1H3,(H,21,23)(H,22,24). The van der Waals surface area contributed by atoms with E-state index >= 15 is 0 Å². The van der Waals surface area contributed by atoms with Gasteiger partial charge >= 0.3 is 6.18 Å². The van der Waals surface area contributed by atoms with Crippen LogP contribution in [0.3, 0.4) is 0 Å². The summed E-state index contributed by atoms with van der Waals surface area (Å²) >= 11 is 0. The summed E-state index contributed by atoms with van der Waals surface area (Å²) in [5, 5.41) is 17.0. The summed E-state index contributed by atoms with van der Waals surface area (Å²) in [4.78, 5) is 23.6. The van der Waals surface area contributed by atoms with Crippen LogP contribution in [0, 0.1) is 11.3 Å². The molecule has 0 bridgehead atoms. The van der Waals surface area contributed by atoms with Gasteiger partial charge in [-0.05, 0) is 24.6 Å². The fraction of sp³-hybridized carbons (Fsp3) is 0.400. The molecule has 128 valence electrons. The summed E-state index contributed by atoms with van der Waals surface area (Å²) in [6.45, 7) is 1.66. The molecule has 1 saturated heterocycles. The van der Waals surface area contributed by atoms with Crippen LogP contribution in [0.15, 0.2) is 24.3 Å². The molecule has 0 radical (unpaired) electrons. The van der Waals surface area contributed by atoms with Crippen molar-refractivity contribution >= 4 is 11.8 Å². The molecule has 0 spiro atoms. The van der Waals surface area contributed by atoms with Crippen LogP contribution >= 0.6 is 0 Å². The Morgan fingerprint density at radius 2 is 2.00 bits per heavy atom. The minimum atomic E-state index is -4.47. The van der Waals surface area contributed by atoms with Crippen molar-refractivity contribution in [2.45, 2.75) is 37.8 Å². The van der Waals surface area contributed by atoms with Gasteiger partial charge < -0.3 is 10.6 Å². The second kappa shape index (κ2) is 6.88. The maximum absolute atomic E-state index is 12.5. The molecule has 2 rings (SSSR count). The lowest BCUT2D eigenvalue weighted by atomic mass is 10.0. The van der Waals surface area contributed by atoms with Gasteiger partial charge in [0.15, 0.2) is 0 Å². The second-order valence-corrected chi connectivity index (χ2v) is 5.40. The Morgan fingerprint density at radius 3 is 2.50 bits per heavy atom. The van der Waals surface area contributed by atoms with Crippen LogP contribution in [-0.4, -0.2) is 24.0 Å². The normalized spacial score (nSPS) is 22.2. The number of hydrogen-bond donors (Lipinski definition) is 3. The van der Waals surface area contributed by atoms with Crippen molar-refractivity contribution in [2.75, 3.05) is 0 Å². The molecule has 1 heterocycles. The van der Waals surface area contributed by atoms with Gasteiger partial charge in [0.25, 0.3) is 0 Å². The van der Waals surface area contributed by atoms with E-state index in [4.69, 9.17) is 0 Å². The second-order valence-electron chi connectivity index (χ2n) is 5.40. The van der Waals surface area contributed by atoms with Crippen molar-refractivity contribution in [3.05, 3.63) is 35.4 Å². The third-order valence-corrected chi connectivity index (χ3v) is 3.52. The predicted molar refractivity (Wildman–Crippen MR) is 77.1 cm³/mol. The average molecular weight is 340 g/mol. The predicted octanol–water partition coefficient (Wildman–Crippen LogP) is 1.21. The highest BCUT2D eigenvalue weighted by Gasteiger charge is 2.32. The lowest BCUT2D eigenvalue weighted by molar-refractivity contribution is -0.137. The lowest BCUT2D eigenvalue weighted by Gasteiger charge is -2.29. The zero-order chi connectivity index (χ0) is 17.9. The Labute approximate surface area is 136 Å². The van der Waals surface area contributed by atoms with Crippen molar-refractivity contribution in [1.82, 2.24) is 16.0 Å². The average Bonchev–Trinajstić information content (AvgIpc) is 2.50. The quantitative estimate of drug-likeness (QED) is 0.771. The van der Waals surface area contributed by atoms with Crippen LogP contribution in [0.4, 0.5) is 13.2 Å². The summed E-state index contributed by atoms with van der Waals surface area (Å²) in [7, 11) is 0. The lowest BCUT2D eigenvalue weighted by Crippen LogP contribution is -2.59. The van der Waals surface area contributed by atoms with Gasteiger partial charge in [-0.2, -0.15) is 18.4 Å². The fourth-order valence-electron chi connectivity index (χ4n) is 2.35. The third-order valence-electron chi connectivity index (χ3n) is 3.52. The molecule has 3 N–H and O–H groups in total. The van der Waals surface area contributed by atoms with Crippen molar-refractivity contribution in [3.63, 3.8) is 0 Å². The number of carbonyl (C=O) groups excluding carboxylic acids is 2. The number of carbonyl (C=O) groups is 2. The van der Waals surface area contributed by atoms with E-state index in [-0.39, 0.29) is 17.9 Å². The number of benzene rings is 1. The van der Waals surface area contributed by atoms with Gasteiger partial charge in [0.2, 0.25) is 11.8 Å². The van der Waals surface area contributed by atoms with Crippen molar-refractivity contribution in [3.8, 4) is 6.07 Å². The monoisotopic (exact) mass is 340 g/mol. The van der Waals surface area contributed by atoms with E-state index in [9.17, 15) is 28.0 Å². The fourth-order valence-corrected chi connectivity index (χ4v) is 2.35. The highest BCUT2D eigenvalue weighted by molar-refractivity contribution is 5.89. The molecule has 1 aromatic carbocycles. The highest BCUT2D eigenvalue weighted by atomic mass is 19.4. The Bertz CT molecular complexity index is 667. The summed E-state index contributed by atoms with van der Waals surface area (Å²) in [6, 6.07) is 3.89. The number of rotatable bonds is 3. The molecular weight excluding hydrogens is 325 g/mol. The zero-order valence-electron chi connectivity index (χ0n) is 12.6. The topological polar surface area (TPSA) is 94.0 Å². The molecule has 1 fully saturated rings. The van der Waals surface area contributed by atoms with Crippen LogP contribution in [-0.2, 0) is 15.8 Å². The van der Waals surface area contributed by atoms with Crippen LogP contribution in [0.25, 0.3) is 0 Å². The number of alkyl halides is 3. The Kier molecular flexibility index (Phi) is 5.09. The van der Waals surface area contributed by atoms with Crippen molar-refractivity contribution in [2.24, 2.45) is 0 Å². The van der Waals surface area contributed by atoms with Gasteiger partial charge in [-0.25, -0.2) is 0 Å². The summed E-state index contributed by atoms with van der Waals surface area (Å²) in [5.74, 6) is -0.868. The molecule has 1 aliphatic rings. The molecule has 24 heavy (non-hydrogen) atoms. The molecule has 3 atom stereocenters. The van der Waals surface area contributed by atoms with E-state index in [2.05, 4.69) is 16.0 Å². The van der Waals surface area contributed by atoms with Crippen LogP contribution in [0.2, 0.25) is 0 Å². The molecule has 9 heteroatoms. The molecule has 1 aromatic rings. The number of nitrogens with zero attached hydrogens (tertiary/aromatic N) is 1. The molecule has 1 aliphatic heterocycles. The van der Waals surface area contributed by atoms with Gasteiger partial charge in [-0.1, -0.05) is 12.1 Å². The number of halogens is 3. The largest absolute Gasteiger partial charge is 0.416 e. The first-order valence-electron chi connectivity index (χ1n) is 7.13. The molecule has 0 saturated carbocycles. The van der Waals surface area contributed by atoms with Gasteiger partial charge in [0, 0.05) is 0 Å². The summed E-state index contributed by atoms with van der Waals surface area (Å²) in [5.41, 5.74) is -0.610. The first kappa shape index (κ1) is 17.7. The van der Waals surface area contributed by atoms with Crippen LogP contribution < -0.4 is 16.0 Å². The van der Waals surface area contributed by atoms with Gasteiger partial charge in [-0.3, -0.25) is 14.9 Å². The molecule has 6 nitrogen and oxygen atoms in total. The number of nitriles is 1. The number of hydrogen-bond acceptors (Lipinski definition) is 4. The van der Waals surface area contributed by atoms with E-state index < -0.39 is 35.9 Å². The third kappa shape index (κ3) is 4.23. The first-order chi connectivity index (χ1) is 11.2. The SMILES string of the molecule is CC1NC(=O)CC(C(=O)NC(C#N)c2ccc(C(F)(F)F)cc2)N1. The van der Waals surface area contributed by atoms with E-state index in [0.717, 1.165) is 24.3 Å². The van der Waals surface area contributed by atoms with Crippen molar-refractivity contribution < 1.29 is 22.8 Å². The smallest absolute Gasteiger partial charge is 0.341 e. The van der Waals surface area contributed by atoms with E-state index in [1.165, 1.54) is 0 Å². The first-order valence-corrected chi connectivity index (χ1v) is 7.13. The van der Waals surface area contributed by atoms with E-state index in [1.807, 2.05) is 6.07 Å². The van der Waals surface area contributed by atoms with Crippen molar-refractivity contribution in [1.29, 1.82) is 5.26 Å². The molecule has 0 aromatic heterocycles. The Balaban J connectivity index is 2.08. The zero-order valence-corrected chi connectivity index (χ0v) is 12.6. The Morgan fingerprint density at radius 1 is 1.38 bits per heavy atom. The summed E-state index contributed by atoms with van der Waals surface area (Å²) in [6.07, 6.45) is -4.95. The molecular formula is C15H15F3N4O2. The minimum absolute atomic E-state index is 0.0820. The number of amides is 2. The minimum Gasteiger partial charge on any atom is -0.341 e. The maximum Gasteiger partial charge on any atom is 0.416 e. The Hall–Kier alpha value is -2.60. The number of nitrogens with one attached hydrogen (secondary N) is 3. The van der Waals surface area contributed by atoms with Gasteiger partial charge in [0.1, 0.15) is 6.04 Å². The van der Waals surface area contributed by atoms with Gasteiger partial charge in [-0.15, -0.1) is 0 Å². The van der Waals surface area contributed by atoms with Crippen LogP contribution in [0.5, 0.6) is 0 Å². The highest BCUT2D eigenvalue weighted by Crippen LogP contribution is 2.29. The van der Waals surface area contributed by atoms with Gasteiger partial charge in [0.05, 0.1) is 30.3 Å². The van der Waals surface area contributed by atoms with Crippen LogP contribution in [0.1, 0.15) is 30.5 Å². The summed E-state index contributed by atoms with van der Waals surface area (Å²) < 4.78 is 37.6. The van der Waals surface area contributed by atoms with E-state index in [1.54, 1.807) is 6.92 Å². The molecule has 3 unspecified atom stereocenters.